The third-order valence-corrected chi connectivity index (χ3v) is 3.94. The minimum Gasteiger partial charge on any atom is -0.481 e. The maximum absolute atomic E-state index is 12.1. The van der Waals surface area contributed by atoms with Crippen molar-refractivity contribution in [2.45, 2.75) is 17.7 Å². The van der Waals surface area contributed by atoms with Gasteiger partial charge in [-0.1, -0.05) is 17.2 Å². The second kappa shape index (κ2) is 5.87. The molecule has 0 saturated heterocycles. The molecule has 0 aliphatic rings. The lowest BCUT2D eigenvalue weighted by molar-refractivity contribution is -0.136. The molecular weight excluding hydrogens is 298 g/mol. The second-order valence-corrected chi connectivity index (χ2v) is 5.93. The van der Waals surface area contributed by atoms with E-state index in [2.05, 4.69) is 20.1 Å². The van der Waals surface area contributed by atoms with Gasteiger partial charge in [0.1, 0.15) is 0 Å². The number of benzene rings is 1. The van der Waals surface area contributed by atoms with Gasteiger partial charge in [0.2, 0.25) is 0 Å². The van der Waals surface area contributed by atoms with Gasteiger partial charge in [0.15, 0.2) is 0 Å². The summed E-state index contributed by atoms with van der Waals surface area (Å²) in [7, 11) is -2.28. The summed E-state index contributed by atoms with van der Waals surface area (Å²) in [6.45, 7) is 0. The van der Waals surface area contributed by atoms with Crippen molar-refractivity contribution >= 4 is 21.9 Å². The molecule has 0 bridgehead atoms. The summed E-state index contributed by atoms with van der Waals surface area (Å²) in [6, 6.07) is 5.94. The number of hydrogen-bond donors (Lipinski definition) is 2. The van der Waals surface area contributed by atoms with Crippen molar-refractivity contribution in [3.05, 3.63) is 29.8 Å². The van der Waals surface area contributed by atoms with Gasteiger partial charge in [0, 0.05) is 6.42 Å². The summed E-state index contributed by atoms with van der Waals surface area (Å²) >= 11 is 0. The predicted octanol–water partition coefficient (Wildman–Crippen LogP) is 0.0281. The van der Waals surface area contributed by atoms with Crippen LogP contribution >= 0.6 is 0 Å². The largest absolute Gasteiger partial charge is 0.481 e. The molecule has 21 heavy (non-hydrogen) atoms. The third-order valence-electron chi connectivity index (χ3n) is 2.60. The van der Waals surface area contributed by atoms with Gasteiger partial charge < -0.3 is 5.11 Å². The average molecular weight is 311 g/mol. The van der Waals surface area contributed by atoms with Gasteiger partial charge in [-0.05, 0) is 29.3 Å². The van der Waals surface area contributed by atoms with Crippen LogP contribution < -0.4 is 4.72 Å². The normalized spacial score (nSPS) is 11.3. The van der Waals surface area contributed by atoms with Crippen LogP contribution in [-0.4, -0.2) is 39.7 Å². The average Bonchev–Trinajstić information content (AvgIpc) is 2.81. The maximum atomic E-state index is 12.1. The number of rotatable bonds is 6. The van der Waals surface area contributed by atoms with Crippen LogP contribution in [0.4, 0.5) is 5.95 Å². The van der Waals surface area contributed by atoms with Crippen molar-refractivity contribution in [1.82, 2.24) is 20.2 Å². The molecule has 2 aromatic rings. The Morgan fingerprint density at radius 2 is 2.00 bits per heavy atom. The van der Waals surface area contributed by atoms with E-state index in [9.17, 15) is 13.2 Å². The fourth-order valence-corrected chi connectivity index (χ4v) is 2.52. The molecule has 0 spiro atoms. The van der Waals surface area contributed by atoms with Gasteiger partial charge in [-0.25, -0.2) is 13.1 Å². The highest BCUT2D eigenvalue weighted by Gasteiger charge is 2.16. The molecule has 112 valence electrons. The smallest absolute Gasteiger partial charge is 0.303 e. The fraction of sp³-hybridized carbons (Fsp3) is 0.273. The van der Waals surface area contributed by atoms with Crippen LogP contribution in [0.1, 0.15) is 12.0 Å². The number of aryl methyl sites for hydroxylation is 2. The minimum atomic E-state index is -3.79. The van der Waals surface area contributed by atoms with E-state index in [0.717, 1.165) is 10.4 Å². The van der Waals surface area contributed by atoms with Crippen LogP contribution in [0, 0.1) is 0 Å². The van der Waals surface area contributed by atoms with Crippen LogP contribution in [0.3, 0.4) is 0 Å². The topological polar surface area (TPSA) is 127 Å². The lowest BCUT2D eigenvalue weighted by Gasteiger charge is -2.05. The number of nitrogens with one attached hydrogen (secondary N) is 1. The van der Waals surface area contributed by atoms with Crippen molar-refractivity contribution in [1.29, 1.82) is 0 Å². The zero-order chi connectivity index (χ0) is 15.5. The van der Waals surface area contributed by atoms with Crippen LogP contribution in [-0.2, 0) is 28.3 Å². The predicted molar refractivity (Wildman–Crippen MR) is 72.0 cm³/mol. The molecule has 1 heterocycles. The van der Waals surface area contributed by atoms with Crippen molar-refractivity contribution in [3.63, 3.8) is 0 Å². The first kappa shape index (κ1) is 14.9. The summed E-state index contributed by atoms with van der Waals surface area (Å²) in [4.78, 5) is 11.6. The Bertz CT molecular complexity index is 738. The molecule has 0 aliphatic heterocycles. The number of carbonyl (C=O) groups is 1. The highest BCUT2D eigenvalue weighted by Crippen LogP contribution is 2.14. The van der Waals surface area contributed by atoms with Crippen LogP contribution in [0.25, 0.3) is 0 Å². The van der Waals surface area contributed by atoms with Gasteiger partial charge in [0.25, 0.3) is 16.0 Å². The first-order valence-corrected chi connectivity index (χ1v) is 7.43. The Labute approximate surface area is 120 Å². The van der Waals surface area contributed by atoms with Crippen LogP contribution in [0.5, 0.6) is 0 Å². The fourth-order valence-electron chi connectivity index (χ4n) is 1.59. The van der Waals surface area contributed by atoms with Crippen molar-refractivity contribution in [3.8, 4) is 0 Å². The molecule has 0 amide bonds. The quantitative estimate of drug-likeness (QED) is 0.770. The van der Waals surface area contributed by atoms with Gasteiger partial charge in [-0.15, -0.1) is 5.10 Å². The molecule has 2 N–H and O–H groups in total. The summed E-state index contributed by atoms with van der Waals surface area (Å²) in [6.07, 6.45) is 0.336. The second-order valence-electron chi connectivity index (χ2n) is 4.25. The first-order valence-electron chi connectivity index (χ1n) is 5.94. The molecule has 0 unspecified atom stereocenters. The van der Waals surface area contributed by atoms with Crippen molar-refractivity contribution in [2.24, 2.45) is 7.05 Å². The van der Waals surface area contributed by atoms with Gasteiger partial charge >= 0.3 is 5.97 Å². The molecule has 0 fully saturated rings. The number of tetrazole rings is 1. The molecule has 10 heteroatoms. The summed E-state index contributed by atoms with van der Waals surface area (Å²) in [5.41, 5.74) is 0.744. The number of hydrogen-bond acceptors (Lipinski definition) is 6. The van der Waals surface area contributed by atoms with Crippen molar-refractivity contribution < 1.29 is 18.3 Å². The van der Waals surface area contributed by atoms with Gasteiger partial charge in [-0.2, -0.15) is 4.80 Å². The summed E-state index contributed by atoms with van der Waals surface area (Å²) < 4.78 is 26.3. The molecule has 0 atom stereocenters. The Morgan fingerprint density at radius 1 is 1.33 bits per heavy atom. The molecule has 0 saturated carbocycles. The van der Waals surface area contributed by atoms with E-state index < -0.39 is 16.0 Å². The number of sulfonamides is 1. The van der Waals surface area contributed by atoms with Crippen molar-refractivity contribution in [2.75, 3.05) is 4.72 Å². The Kier molecular flexibility index (Phi) is 4.17. The van der Waals surface area contributed by atoms with E-state index >= 15 is 0 Å². The monoisotopic (exact) mass is 311 g/mol. The number of nitrogens with zero attached hydrogens (tertiary/aromatic N) is 4. The van der Waals surface area contributed by atoms with E-state index in [1.165, 1.54) is 19.2 Å². The Balaban J connectivity index is 2.11. The highest BCUT2D eigenvalue weighted by atomic mass is 32.2. The molecule has 9 nitrogen and oxygen atoms in total. The molecule has 1 aromatic carbocycles. The van der Waals surface area contributed by atoms with E-state index in [4.69, 9.17) is 5.11 Å². The lowest BCUT2D eigenvalue weighted by atomic mass is 10.1. The standard InChI is InChI=1S/C11H13N5O4S/c1-16-13-11(12-15-16)14-21(19,20)9-5-2-8(3-6-9)4-7-10(17)18/h2-3,5-6H,4,7H2,1H3,(H,13,14)(H,17,18). The highest BCUT2D eigenvalue weighted by molar-refractivity contribution is 7.92. The minimum absolute atomic E-state index is 0.00608. The van der Waals surface area contributed by atoms with Gasteiger partial charge in [-0.3, -0.25) is 4.79 Å². The first-order chi connectivity index (χ1) is 9.87. The number of aliphatic carboxylic acids is 1. The van der Waals surface area contributed by atoms with Crippen LogP contribution in [0.2, 0.25) is 0 Å². The molecule has 0 radical (unpaired) electrons. The zero-order valence-corrected chi connectivity index (χ0v) is 11.9. The van der Waals surface area contributed by atoms with E-state index in [-0.39, 0.29) is 17.3 Å². The number of carboxylic acid groups (broad SMARTS) is 1. The summed E-state index contributed by atoms with van der Waals surface area (Å²) in [5.74, 6) is -1.02. The maximum Gasteiger partial charge on any atom is 0.303 e. The van der Waals surface area contributed by atoms with Crippen LogP contribution in [0.15, 0.2) is 29.2 Å². The lowest BCUT2D eigenvalue weighted by Crippen LogP contribution is -2.14. The summed E-state index contributed by atoms with van der Waals surface area (Å²) in [5, 5.41) is 19.4. The zero-order valence-electron chi connectivity index (χ0n) is 11.1. The SMILES string of the molecule is Cn1nnc(NS(=O)(=O)c2ccc(CCC(=O)O)cc2)n1. The number of aromatic nitrogens is 4. The van der Waals surface area contributed by atoms with E-state index in [1.54, 1.807) is 12.1 Å². The molecule has 0 aliphatic carbocycles. The molecule has 1 aromatic heterocycles. The Morgan fingerprint density at radius 3 is 2.52 bits per heavy atom. The Hall–Kier alpha value is -2.49. The van der Waals surface area contributed by atoms with E-state index in [0.29, 0.717) is 6.42 Å². The van der Waals surface area contributed by atoms with Gasteiger partial charge in [0.05, 0.1) is 11.9 Å². The third kappa shape index (κ3) is 3.99. The number of anilines is 1. The molecule has 2 rings (SSSR count). The number of carboxylic acids is 1. The molecular formula is C11H13N5O4S. The van der Waals surface area contributed by atoms with E-state index in [1.807, 2.05) is 0 Å².